The maximum Gasteiger partial charge on any atom is 0.255 e. The zero-order chi connectivity index (χ0) is 19.3. The first kappa shape index (κ1) is 20.2. The molecule has 0 saturated heterocycles. The SMILES string of the molecule is COc1ccc(Cl)cc1NC(=O)c1cc(Cl)c(OCC(C)C)c(OC)c1. The summed E-state index contributed by atoms with van der Waals surface area (Å²) in [7, 11) is 3.01. The van der Waals surface area contributed by atoms with Crippen LogP contribution >= 0.6 is 23.2 Å². The van der Waals surface area contributed by atoms with Gasteiger partial charge in [0, 0.05) is 10.6 Å². The van der Waals surface area contributed by atoms with Crippen LogP contribution in [0, 0.1) is 5.92 Å². The van der Waals surface area contributed by atoms with E-state index < -0.39 is 0 Å². The van der Waals surface area contributed by atoms with Gasteiger partial charge in [0.25, 0.3) is 5.91 Å². The number of ether oxygens (including phenoxy) is 3. The van der Waals surface area contributed by atoms with Crippen LogP contribution in [0.25, 0.3) is 0 Å². The summed E-state index contributed by atoms with van der Waals surface area (Å²) in [4.78, 5) is 12.6. The van der Waals surface area contributed by atoms with Gasteiger partial charge in [0.1, 0.15) is 5.75 Å². The lowest BCUT2D eigenvalue weighted by atomic mass is 10.1. The average molecular weight is 398 g/mol. The minimum absolute atomic E-state index is 0.299. The largest absolute Gasteiger partial charge is 0.495 e. The maximum absolute atomic E-state index is 12.6. The molecular weight excluding hydrogens is 377 g/mol. The summed E-state index contributed by atoms with van der Waals surface area (Å²) in [6.45, 7) is 4.54. The van der Waals surface area contributed by atoms with E-state index >= 15 is 0 Å². The monoisotopic (exact) mass is 397 g/mol. The molecule has 1 amide bonds. The van der Waals surface area contributed by atoms with Crippen molar-refractivity contribution in [3.63, 3.8) is 0 Å². The summed E-state index contributed by atoms with van der Waals surface area (Å²) in [5.41, 5.74) is 0.783. The van der Waals surface area contributed by atoms with Gasteiger partial charge in [-0.1, -0.05) is 37.0 Å². The molecule has 0 aliphatic carbocycles. The van der Waals surface area contributed by atoms with Crippen LogP contribution in [0.4, 0.5) is 5.69 Å². The third-order valence-electron chi connectivity index (χ3n) is 3.46. The molecule has 0 unspecified atom stereocenters. The van der Waals surface area contributed by atoms with Crippen LogP contribution in [0.15, 0.2) is 30.3 Å². The molecule has 2 aromatic rings. The van der Waals surface area contributed by atoms with Crippen LogP contribution in [0.2, 0.25) is 10.0 Å². The second-order valence-corrected chi connectivity index (χ2v) is 6.84. The number of carbonyl (C=O) groups is 1. The van der Waals surface area contributed by atoms with Crippen LogP contribution in [-0.4, -0.2) is 26.7 Å². The number of halogens is 2. The predicted octanol–water partition coefficient (Wildman–Crippen LogP) is 5.30. The molecule has 0 radical (unpaired) electrons. The summed E-state index contributed by atoms with van der Waals surface area (Å²) in [5, 5.41) is 3.54. The molecule has 7 heteroatoms. The van der Waals surface area contributed by atoms with Crippen molar-refractivity contribution in [2.75, 3.05) is 26.1 Å². The Balaban J connectivity index is 2.29. The quantitative estimate of drug-likeness (QED) is 0.688. The first-order valence-corrected chi connectivity index (χ1v) is 8.76. The fourth-order valence-electron chi connectivity index (χ4n) is 2.21. The van der Waals surface area contributed by atoms with E-state index in [0.717, 1.165) is 0 Å². The van der Waals surface area contributed by atoms with Gasteiger partial charge in [0.15, 0.2) is 11.5 Å². The smallest absolute Gasteiger partial charge is 0.255 e. The molecule has 0 spiro atoms. The van der Waals surface area contributed by atoms with Gasteiger partial charge >= 0.3 is 0 Å². The highest BCUT2D eigenvalue weighted by Crippen LogP contribution is 2.37. The second-order valence-electron chi connectivity index (χ2n) is 5.99. The van der Waals surface area contributed by atoms with Gasteiger partial charge in [0.2, 0.25) is 0 Å². The summed E-state index contributed by atoms with van der Waals surface area (Å²) >= 11 is 12.3. The van der Waals surface area contributed by atoms with Gasteiger partial charge in [0.05, 0.1) is 31.5 Å². The Morgan fingerprint density at radius 3 is 2.38 bits per heavy atom. The van der Waals surface area contributed by atoms with Gasteiger partial charge in [-0.15, -0.1) is 0 Å². The zero-order valence-electron chi connectivity index (χ0n) is 15.1. The van der Waals surface area contributed by atoms with E-state index in [9.17, 15) is 4.79 Å². The molecule has 0 saturated carbocycles. The molecule has 0 aliphatic heterocycles. The molecular formula is C19H21Cl2NO4. The Bertz CT molecular complexity index is 793. The van der Waals surface area contributed by atoms with E-state index in [-0.39, 0.29) is 5.91 Å². The first-order valence-electron chi connectivity index (χ1n) is 8.01. The van der Waals surface area contributed by atoms with Gasteiger partial charge in [-0.2, -0.15) is 0 Å². The van der Waals surface area contributed by atoms with Crippen molar-refractivity contribution in [2.24, 2.45) is 5.92 Å². The average Bonchev–Trinajstić information content (AvgIpc) is 2.60. The number of amides is 1. The van der Waals surface area contributed by atoms with E-state index in [0.29, 0.717) is 51.1 Å². The number of rotatable bonds is 7. The number of hydrogen-bond acceptors (Lipinski definition) is 4. The van der Waals surface area contributed by atoms with Crippen LogP contribution in [0.1, 0.15) is 24.2 Å². The standard InChI is InChI=1S/C19H21Cl2NO4/c1-11(2)10-26-18-14(21)7-12(8-17(18)25-4)19(23)22-15-9-13(20)5-6-16(15)24-3/h5-9,11H,10H2,1-4H3,(H,22,23). The van der Waals surface area contributed by atoms with Gasteiger partial charge in [-0.05, 0) is 36.2 Å². The number of anilines is 1. The topological polar surface area (TPSA) is 56.8 Å². The molecule has 140 valence electrons. The van der Waals surface area contributed by atoms with E-state index in [4.69, 9.17) is 37.4 Å². The Labute approximate surface area is 163 Å². The molecule has 0 heterocycles. The highest BCUT2D eigenvalue weighted by molar-refractivity contribution is 6.33. The highest BCUT2D eigenvalue weighted by atomic mass is 35.5. The van der Waals surface area contributed by atoms with E-state index in [1.165, 1.54) is 20.3 Å². The van der Waals surface area contributed by atoms with Crippen LogP contribution < -0.4 is 19.5 Å². The normalized spacial score (nSPS) is 10.6. The highest BCUT2D eigenvalue weighted by Gasteiger charge is 2.17. The summed E-state index contributed by atoms with van der Waals surface area (Å²) in [5.74, 6) is 1.26. The Hall–Kier alpha value is -2.11. The summed E-state index contributed by atoms with van der Waals surface area (Å²) < 4.78 is 16.3. The predicted molar refractivity (Wildman–Crippen MR) is 104 cm³/mol. The lowest BCUT2D eigenvalue weighted by Crippen LogP contribution is -2.13. The molecule has 5 nitrogen and oxygen atoms in total. The van der Waals surface area contributed by atoms with Gasteiger partial charge < -0.3 is 19.5 Å². The Morgan fingerprint density at radius 1 is 1.08 bits per heavy atom. The molecule has 1 N–H and O–H groups in total. The van der Waals surface area contributed by atoms with Crippen molar-refractivity contribution in [2.45, 2.75) is 13.8 Å². The number of nitrogens with one attached hydrogen (secondary N) is 1. The van der Waals surface area contributed by atoms with Crippen molar-refractivity contribution < 1.29 is 19.0 Å². The van der Waals surface area contributed by atoms with Gasteiger partial charge in [-0.25, -0.2) is 0 Å². The second kappa shape index (κ2) is 9.01. The maximum atomic E-state index is 12.6. The van der Waals surface area contributed by atoms with E-state index in [2.05, 4.69) is 5.32 Å². The molecule has 26 heavy (non-hydrogen) atoms. The third-order valence-corrected chi connectivity index (χ3v) is 3.98. The van der Waals surface area contributed by atoms with Crippen molar-refractivity contribution >= 4 is 34.8 Å². The molecule has 0 atom stereocenters. The lowest BCUT2D eigenvalue weighted by molar-refractivity contribution is 0.102. The zero-order valence-corrected chi connectivity index (χ0v) is 16.6. The van der Waals surface area contributed by atoms with E-state index in [1.807, 2.05) is 13.8 Å². The fourth-order valence-corrected chi connectivity index (χ4v) is 2.65. The van der Waals surface area contributed by atoms with E-state index in [1.54, 1.807) is 24.3 Å². The molecule has 0 aromatic heterocycles. The van der Waals surface area contributed by atoms with Gasteiger partial charge in [-0.3, -0.25) is 4.79 Å². The van der Waals surface area contributed by atoms with Crippen LogP contribution in [0.3, 0.4) is 0 Å². The number of carbonyl (C=O) groups excluding carboxylic acids is 1. The minimum atomic E-state index is -0.374. The first-order chi connectivity index (χ1) is 12.3. The molecule has 0 fully saturated rings. The van der Waals surface area contributed by atoms with Crippen LogP contribution in [0.5, 0.6) is 17.2 Å². The number of benzene rings is 2. The molecule has 0 bridgehead atoms. The van der Waals surface area contributed by atoms with Crippen molar-refractivity contribution in [1.82, 2.24) is 0 Å². The minimum Gasteiger partial charge on any atom is -0.495 e. The van der Waals surface area contributed by atoms with Crippen molar-refractivity contribution in [1.29, 1.82) is 0 Å². The number of hydrogen-bond donors (Lipinski definition) is 1. The fraction of sp³-hybridized carbons (Fsp3) is 0.316. The third kappa shape index (κ3) is 4.96. The van der Waals surface area contributed by atoms with Crippen LogP contribution in [-0.2, 0) is 0 Å². The molecule has 0 aliphatic rings. The van der Waals surface area contributed by atoms with Crippen molar-refractivity contribution in [3.05, 3.63) is 45.9 Å². The molecule has 2 aromatic carbocycles. The lowest BCUT2D eigenvalue weighted by Gasteiger charge is -2.16. The number of methoxy groups -OCH3 is 2. The summed E-state index contributed by atoms with van der Waals surface area (Å²) in [6.07, 6.45) is 0. The van der Waals surface area contributed by atoms with Crippen molar-refractivity contribution in [3.8, 4) is 17.2 Å². The molecule has 2 rings (SSSR count). The Kier molecular flexibility index (Phi) is 7.00. The summed E-state index contributed by atoms with van der Waals surface area (Å²) in [6, 6.07) is 8.07. The Morgan fingerprint density at radius 2 is 1.77 bits per heavy atom.